The Morgan fingerprint density at radius 3 is 2.88 bits per heavy atom. The summed E-state index contributed by atoms with van der Waals surface area (Å²) in [5, 5.41) is 0. The average Bonchev–Trinajstić information content (AvgIpc) is 2.99. The minimum Gasteiger partial charge on any atom is -0.465 e. The smallest absolute Gasteiger partial charge is 0.312 e. The first kappa shape index (κ1) is 9.39. The predicted octanol–water partition coefficient (Wildman–Crippen LogP) is 0.0799. The van der Waals surface area contributed by atoms with Gasteiger partial charge >= 0.3 is 5.97 Å². The van der Waals surface area contributed by atoms with Gasteiger partial charge in [0.05, 0.1) is 31.8 Å². The van der Waals surface area contributed by atoms with Crippen LogP contribution in [0.1, 0.15) is 12.8 Å². The zero-order valence-electron chi connectivity index (χ0n) is 8.89. The van der Waals surface area contributed by atoms with Gasteiger partial charge in [-0.3, -0.25) is 4.79 Å². The second-order valence-corrected chi connectivity index (χ2v) is 4.99. The minimum absolute atomic E-state index is 0.0211. The van der Waals surface area contributed by atoms with Crippen molar-refractivity contribution < 1.29 is 23.7 Å². The molecule has 88 valence electrons. The number of fused-ring (bicyclic) bond motifs is 5. The number of hydrogen-bond acceptors (Lipinski definition) is 5. The van der Waals surface area contributed by atoms with Crippen LogP contribution in [0.3, 0.4) is 0 Å². The highest BCUT2D eigenvalue weighted by molar-refractivity contribution is 5.76. The lowest BCUT2D eigenvalue weighted by molar-refractivity contribution is -0.196. The molecule has 4 saturated heterocycles. The zero-order valence-corrected chi connectivity index (χ0v) is 8.89. The second kappa shape index (κ2) is 2.97. The van der Waals surface area contributed by atoms with Crippen molar-refractivity contribution in [3.05, 3.63) is 0 Å². The maximum atomic E-state index is 11.6. The van der Waals surface area contributed by atoms with Crippen LogP contribution in [0.5, 0.6) is 0 Å². The minimum atomic E-state index is -0.419. The van der Waals surface area contributed by atoms with Crippen molar-refractivity contribution in [1.82, 2.24) is 0 Å². The van der Waals surface area contributed by atoms with Crippen LogP contribution < -0.4 is 0 Å². The monoisotopic (exact) mass is 226 g/mol. The van der Waals surface area contributed by atoms with E-state index in [4.69, 9.17) is 18.9 Å². The van der Waals surface area contributed by atoms with Gasteiger partial charge in [-0.05, 0) is 12.8 Å². The van der Waals surface area contributed by atoms with E-state index < -0.39 is 5.60 Å². The maximum absolute atomic E-state index is 11.6. The Bertz CT molecular complexity index is 337. The second-order valence-electron chi connectivity index (χ2n) is 4.99. The summed E-state index contributed by atoms with van der Waals surface area (Å²) < 4.78 is 22.4. The van der Waals surface area contributed by atoms with Gasteiger partial charge in [-0.2, -0.15) is 0 Å². The molecule has 0 aromatic carbocycles. The van der Waals surface area contributed by atoms with Crippen molar-refractivity contribution in [2.24, 2.45) is 11.8 Å². The van der Waals surface area contributed by atoms with E-state index in [-0.39, 0.29) is 30.2 Å². The van der Waals surface area contributed by atoms with Crippen molar-refractivity contribution in [2.45, 2.75) is 30.8 Å². The van der Waals surface area contributed by atoms with Crippen molar-refractivity contribution in [1.29, 1.82) is 0 Å². The lowest BCUT2D eigenvalue weighted by Gasteiger charge is -2.34. The van der Waals surface area contributed by atoms with Crippen molar-refractivity contribution in [3.8, 4) is 0 Å². The van der Waals surface area contributed by atoms with Gasteiger partial charge in [-0.1, -0.05) is 0 Å². The van der Waals surface area contributed by atoms with Crippen LogP contribution >= 0.6 is 0 Å². The molecule has 0 radical (unpaired) electrons. The quantitative estimate of drug-likeness (QED) is 0.593. The van der Waals surface area contributed by atoms with Gasteiger partial charge in [0.15, 0.2) is 6.29 Å². The van der Waals surface area contributed by atoms with E-state index in [1.807, 2.05) is 0 Å². The molecule has 0 spiro atoms. The Morgan fingerprint density at radius 2 is 2.06 bits per heavy atom. The molecular weight excluding hydrogens is 212 g/mol. The van der Waals surface area contributed by atoms with E-state index in [2.05, 4.69) is 0 Å². The molecule has 4 rings (SSSR count). The van der Waals surface area contributed by atoms with E-state index >= 15 is 0 Å². The molecule has 16 heavy (non-hydrogen) atoms. The fourth-order valence-corrected chi connectivity index (χ4v) is 3.67. The van der Waals surface area contributed by atoms with Crippen LogP contribution in [0.2, 0.25) is 0 Å². The molecule has 0 N–H and O–H groups in total. The Morgan fingerprint density at radius 1 is 1.25 bits per heavy atom. The van der Waals surface area contributed by atoms with Gasteiger partial charge in [0, 0.05) is 5.92 Å². The number of cyclic esters (lactones) is 1. The van der Waals surface area contributed by atoms with Crippen LogP contribution in [0.15, 0.2) is 0 Å². The van der Waals surface area contributed by atoms with Gasteiger partial charge in [-0.25, -0.2) is 0 Å². The molecule has 2 bridgehead atoms. The SMILES string of the molecule is O=C1OC[C@@H]2[C@H]1[C@@H]1CC[C@@]2(C2OCCO2)O1. The lowest BCUT2D eigenvalue weighted by Crippen LogP contribution is -2.48. The zero-order chi connectivity index (χ0) is 10.8. The van der Waals surface area contributed by atoms with E-state index in [0.717, 1.165) is 12.8 Å². The van der Waals surface area contributed by atoms with Gasteiger partial charge in [0.25, 0.3) is 0 Å². The summed E-state index contributed by atoms with van der Waals surface area (Å²) in [4.78, 5) is 11.6. The summed E-state index contributed by atoms with van der Waals surface area (Å²) in [6, 6.07) is 0. The summed E-state index contributed by atoms with van der Waals surface area (Å²) in [6.45, 7) is 1.70. The molecule has 4 aliphatic rings. The van der Waals surface area contributed by atoms with Gasteiger partial charge in [0.2, 0.25) is 0 Å². The van der Waals surface area contributed by atoms with Crippen LogP contribution in [0.25, 0.3) is 0 Å². The summed E-state index contributed by atoms with van der Waals surface area (Å²) in [7, 11) is 0. The Balaban J connectivity index is 1.71. The summed E-state index contributed by atoms with van der Waals surface area (Å²) in [5.74, 6) is -0.0574. The van der Waals surface area contributed by atoms with Gasteiger partial charge in [0.1, 0.15) is 5.60 Å². The number of ether oxygens (including phenoxy) is 4. The highest BCUT2D eigenvalue weighted by atomic mass is 16.7. The highest BCUT2D eigenvalue weighted by Gasteiger charge is 2.68. The Labute approximate surface area is 93.0 Å². The van der Waals surface area contributed by atoms with Gasteiger partial charge < -0.3 is 18.9 Å². The average molecular weight is 226 g/mol. The van der Waals surface area contributed by atoms with Crippen LogP contribution in [0, 0.1) is 11.8 Å². The van der Waals surface area contributed by atoms with Crippen molar-refractivity contribution in [2.75, 3.05) is 19.8 Å². The number of esters is 1. The molecule has 4 atom stereocenters. The lowest BCUT2D eigenvalue weighted by atomic mass is 9.73. The number of carbonyl (C=O) groups is 1. The Hall–Kier alpha value is -0.650. The molecular formula is C11H14O5. The first-order valence-electron chi connectivity index (χ1n) is 5.89. The molecule has 5 nitrogen and oxygen atoms in total. The largest absolute Gasteiger partial charge is 0.465 e. The number of hydrogen-bond donors (Lipinski definition) is 0. The molecule has 0 saturated carbocycles. The molecule has 0 amide bonds. The van der Waals surface area contributed by atoms with E-state index in [1.165, 1.54) is 0 Å². The normalized spacial score (nSPS) is 51.0. The third-order valence-corrected chi connectivity index (χ3v) is 4.35. The van der Waals surface area contributed by atoms with Gasteiger partial charge in [-0.15, -0.1) is 0 Å². The summed E-state index contributed by atoms with van der Waals surface area (Å²) in [6.07, 6.45) is 1.55. The van der Waals surface area contributed by atoms with E-state index in [9.17, 15) is 4.79 Å². The molecule has 0 aliphatic carbocycles. The fourth-order valence-electron chi connectivity index (χ4n) is 3.67. The Kier molecular flexibility index (Phi) is 1.74. The number of rotatable bonds is 1. The van der Waals surface area contributed by atoms with Crippen LogP contribution in [0.4, 0.5) is 0 Å². The fraction of sp³-hybridized carbons (Fsp3) is 0.909. The summed E-state index contributed by atoms with van der Waals surface area (Å²) in [5.41, 5.74) is -0.419. The molecule has 0 aromatic heterocycles. The number of carbonyl (C=O) groups excluding carboxylic acids is 1. The van der Waals surface area contributed by atoms with Crippen molar-refractivity contribution >= 4 is 5.97 Å². The maximum Gasteiger partial charge on any atom is 0.312 e. The predicted molar refractivity (Wildman–Crippen MR) is 50.5 cm³/mol. The van der Waals surface area contributed by atoms with E-state index in [0.29, 0.717) is 19.8 Å². The molecule has 4 heterocycles. The third kappa shape index (κ3) is 0.948. The van der Waals surface area contributed by atoms with E-state index in [1.54, 1.807) is 0 Å². The van der Waals surface area contributed by atoms with Crippen LogP contribution in [-0.4, -0.2) is 43.8 Å². The highest BCUT2D eigenvalue weighted by Crippen LogP contribution is 2.56. The molecule has 4 fully saturated rings. The third-order valence-electron chi connectivity index (χ3n) is 4.35. The molecule has 0 unspecified atom stereocenters. The standard InChI is InChI=1S/C11H14O5/c12-9-8-6(5-15-9)11(2-1-7(8)16-11)10-13-3-4-14-10/h6-8,10H,1-5H2/t6-,7+,8+,11-/m1/s1. The molecule has 0 aromatic rings. The molecule has 5 heteroatoms. The first-order valence-corrected chi connectivity index (χ1v) is 5.89. The van der Waals surface area contributed by atoms with Crippen LogP contribution in [-0.2, 0) is 23.7 Å². The molecule has 4 aliphatic heterocycles. The first-order chi connectivity index (χ1) is 7.81. The van der Waals surface area contributed by atoms with Crippen molar-refractivity contribution in [3.63, 3.8) is 0 Å². The topological polar surface area (TPSA) is 54.0 Å². The summed E-state index contributed by atoms with van der Waals surface area (Å²) >= 11 is 0.